The van der Waals surface area contributed by atoms with Gasteiger partial charge in [-0.15, -0.1) is 0 Å². The normalized spacial score (nSPS) is 12.1. The highest BCUT2D eigenvalue weighted by atomic mass is 16.4. The molecule has 6 nitrogen and oxygen atoms in total. The molecule has 0 saturated carbocycles. The monoisotopic (exact) mass is 306 g/mol. The molecule has 1 aromatic carbocycles. The molecular weight excluding hydrogens is 284 g/mol. The molecule has 120 valence electrons. The van der Waals surface area contributed by atoms with Crippen molar-refractivity contribution in [3.05, 3.63) is 35.4 Å². The van der Waals surface area contributed by atoms with Gasteiger partial charge in [-0.05, 0) is 30.7 Å². The predicted molar refractivity (Wildman–Crippen MR) is 86.0 cm³/mol. The summed E-state index contributed by atoms with van der Waals surface area (Å²) in [7, 11) is 0. The van der Waals surface area contributed by atoms with Crippen LogP contribution in [0.4, 0.5) is 5.69 Å². The summed E-state index contributed by atoms with van der Waals surface area (Å²) in [6.45, 7) is 3.36. The fourth-order valence-corrected chi connectivity index (χ4v) is 1.85. The van der Waals surface area contributed by atoms with E-state index in [0.717, 1.165) is 30.6 Å². The first-order valence-electron chi connectivity index (χ1n) is 7.24. The second-order valence-corrected chi connectivity index (χ2v) is 4.84. The van der Waals surface area contributed by atoms with Gasteiger partial charge >= 0.3 is 11.9 Å². The third-order valence-electron chi connectivity index (χ3n) is 3.02. The van der Waals surface area contributed by atoms with Crippen molar-refractivity contribution in [2.75, 3.05) is 25.0 Å². The highest BCUT2D eigenvalue weighted by Crippen LogP contribution is 2.22. The minimum atomic E-state index is -0.859. The van der Waals surface area contributed by atoms with Crippen LogP contribution < -0.4 is 10.6 Å². The Morgan fingerprint density at radius 3 is 2.64 bits per heavy atom. The van der Waals surface area contributed by atoms with Gasteiger partial charge in [0, 0.05) is 12.2 Å². The van der Waals surface area contributed by atoms with Gasteiger partial charge in [-0.1, -0.05) is 31.5 Å². The second kappa shape index (κ2) is 9.57. The predicted octanol–water partition coefficient (Wildman–Crippen LogP) is 2.04. The molecule has 0 atom stereocenters. The van der Waals surface area contributed by atoms with Crippen LogP contribution >= 0.6 is 0 Å². The number of aliphatic carboxylic acids is 2. The molecule has 2 rings (SSSR count). The molecule has 1 aliphatic heterocycles. The second-order valence-electron chi connectivity index (χ2n) is 4.84. The summed E-state index contributed by atoms with van der Waals surface area (Å²) in [5, 5.41) is 22.7. The Hall–Kier alpha value is -2.34. The maximum Gasteiger partial charge on any atom is 0.333 e. The average Bonchev–Trinajstić information content (AvgIpc) is 2.51. The molecule has 0 unspecified atom stereocenters. The van der Waals surface area contributed by atoms with E-state index >= 15 is 0 Å². The van der Waals surface area contributed by atoms with Crippen LogP contribution in [0.1, 0.15) is 25.3 Å². The summed E-state index contributed by atoms with van der Waals surface area (Å²) in [6, 6.07) is 7.64. The topological polar surface area (TPSA) is 98.7 Å². The molecule has 0 bridgehead atoms. The zero-order valence-corrected chi connectivity index (χ0v) is 12.6. The van der Waals surface area contributed by atoms with Gasteiger partial charge in [0.15, 0.2) is 0 Å². The fraction of sp³-hybridized carbons (Fsp3) is 0.375. The van der Waals surface area contributed by atoms with Crippen molar-refractivity contribution in [3.8, 4) is 0 Å². The molecule has 6 heteroatoms. The number of hydrogen-bond acceptors (Lipinski definition) is 4. The Kier molecular flexibility index (Phi) is 7.70. The molecule has 1 aromatic rings. The minimum Gasteiger partial charge on any atom is -0.480 e. The Morgan fingerprint density at radius 1 is 1.27 bits per heavy atom. The number of hydrogen-bond donors (Lipinski definition) is 4. The van der Waals surface area contributed by atoms with Crippen LogP contribution in [0.2, 0.25) is 0 Å². The highest BCUT2D eigenvalue weighted by Gasteiger charge is 2.13. The van der Waals surface area contributed by atoms with Gasteiger partial charge in [-0.2, -0.15) is 0 Å². The van der Waals surface area contributed by atoms with Crippen molar-refractivity contribution >= 4 is 23.7 Å². The van der Waals surface area contributed by atoms with Gasteiger partial charge in [0.25, 0.3) is 0 Å². The number of carboxylic acid groups (broad SMARTS) is 2. The van der Waals surface area contributed by atoms with Crippen LogP contribution in [0.3, 0.4) is 0 Å². The lowest BCUT2D eigenvalue weighted by Crippen LogP contribution is -2.23. The van der Waals surface area contributed by atoms with Crippen molar-refractivity contribution in [2.45, 2.75) is 19.8 Å². The summed E-state index contributed by atoms with van der Waals surface area (Å²) < 4.78 is 0. The van der Waals surface area contributed by atoms with Crippen molar-refractivity contribution in [1.82, 2.24) is 5.32 Å². The van der Waals surface area contributed by atoms with Crippen LogP contribution in [0.15, 0.2) is 29.8 Å². The van der Waals surface area contributed by atoms with Crippen molar-refractivity contribution in [3.63, 3.8) is 0 Å². The van der Waals surface area contributed by atoms with E-state index in [1.54, 1.807) is 6.08 Å². The van der Waals surface area contributed by atoms with E-state index in [9.17, 15) is 9.59 Å². The number of carboxylic acids is 2. The number of benzene rings is 1. The first-order valence-corrected chi connectivity index (χ1v) is 7.24. The van der Waals surface area contributed by atoms with Crippen molar-refractivity contribution < 1.29 is 19.8 Å². The third-order valence-corrected chi connectivity index (χ3v) is 3.02. The van der Waals surface area contributed by atoms with Crippen LogP contribution in [-0.4, -0.2) is 41.8 Å². The van der Waals surface area contributed by atoms with Crippen LogP contribution in [0.25, 0.3) is 6.08 Å². The average molecular weight is 306 g/mol. The lowest BCUT2D eigenvalue weighted by atomic mass is 10.1. The maximum absolute atomic E-state index is 10.7. The van der Waals surface area contributed by atoms with Crippen LogP contribution in [0.5, 0.6) is 0 Å². The SMILES string of the molecule is CCCCNCC(=O)O.O=C(O)C1=Cc2ccccc2NC1. The van der Waals surface area contributed by atoms with E-state index in [1.165, 1.54) is 0 Å². The van der Waals surface area contributed by atoms with E-state index in [1.807, 2.05) is 24.3 Å². The smallest absolute Gasteiger partial charge is 0.333 e. The van der Waals surface area contributed by atoms with E-state index < -0.39 is 11.9 Å². The summed E-state index contributed by atoms with van der Waals surface area (Å²) in [5.41, 5.74) is 2.33. The van der Waals surface area contributed by atoms with E-state index in [0.29, 0.717) is 12.1 Å². The lowest BCUT2D eigenvalue weighted by molar-refractivity contribution is -0.136. The van der Waals surface area contributed by atoms with E-state index in [2.05, 4.69) is 17.6 Å². The lowest BCUT2D eigenvalue weighted by Gasteiger charge is -2.15. The molecule has 1 heterocycles. The summed E-state index contributed by atoms with van der Waals surface area (Å²) >= 11 is 0. The van der Waals surface area contributed by atoms with E-state index in [4.69, 9.17) is 10.2 Å². The van der Waals surface area contributed by atoms with E-state index in [-0.39, 0.29) is 6.54 Å². The first kappa shape index (κ1) is 17.7. The largest absolute Gasteiger partial charge is 0.480 e. The molecule has 0 spiro atoms. The van der Waals surface area contributed by atoms with Crippen LogP contribution in [-0.2, 0) is 9.59 Å². The standard InChI is InChI=1S/C10H9NO2.C6H13NO2/c12-10(13)8-5-7-3-1-2-4-9(7)11-6-8;1-2-3-4-7-5-6(8)9/h1-5,11H,6H2,(H,12,13);7H,2-5H2,1H3,(H,8,9). The van der Waals surface area contributed by atoms with Gasteiger partial charge in [0.05, 0.1) is 12.1 Å². The molecule has 0 amide bonds. The van der Waals surface area contributed by atoms with Crippen molar-refractivity contribution in [2.24, 2.45) is 0 Å². The highest BCUT2D eigenvalue weighted by molar-refractivity contribution is 5.95. The molecule has 0 aliphatic carbocycles. The number of anilines is 1. The Bertz CT molecular complexity index is 541. The number of carbonyl (C=O) groups is 2. The maximum atomic E-state index is 10.7. The van der Waals surface area contributed by atoms with Gasteiger partial charge < -0.3 is 20.8 Å². The third kappa shape index (κ3) is 6.41. The Labute approximate surface area is 129 Å². The first-order chi connectivity index (χ1) is 10.5. The minimum absolute atomic E-state index is 0.0833. The van der Waals surface area contributed by atoms with Gasteiger partial charge in [0.2, 0.25) is 0 Å². The number of nitrogens with one attached hydrogen (secondary N) is 2. The molecule has 1 aliphatic rings. The zero-order chi connectivity index (χ0) is 16.4. The summed E-state index contributed by atoms with van der Waals surface area (Å²) in [4.78, 5) is 20.6. The zero-order valence-electron chi connectivity index (χ0n) is 12.6. The van der Waals surface area contributed by atoms with Crippen molar-refractivity contribution in [1.29, 1.82) is 0 Å². The Balaban J connectivity index is 0.000000239. The molecule has 0 saturated heterocycles. The molecule has 4 N–H and O–H groups in total. The van der Waals surface area contributed by atoms with Crippen LogP contribution in [0, 0.1) is 0 Å². The number of unbranched alkanes of at least 4 members (excludes halogenated alkanes) is 1. The summed E-state index contributed by atoms with van der Waals surface area (Å²) in [5.74, 6) is -1.65. The Morgan fingerprint density at radius 2 is 2.00 bits per heavy atom. The molecule has 0 aromatic heterocycles. The number of rotatable bonds is 6. The fourth-order valence-electron chi connectivity index (χ4n) is 1.85. The van der Waals surface area contributed by atoms with Gasteiger partial charge in [0.1, 0.15) is 0 Å². The number of para-hydroxylation sites is 1. The number of fused-ring (bicyclic) bond motifs is 1. The van der Waals surface area contributed by atoms with Gasteiger partial charge in [-0.25, -0.2) is 4.79 Å². The molecular formula is C16H22N2O4. The summed E-state index contributed by atoms with van der Waals surface area (Å²) in [6.07, 6.45) is 3.86. The van der Waals surface area contributed by atoms with Gasteiger partial charge in [-0.3, -0.25) is 4.79 Å². The molecule has 0 radical (unpaired) electrons. The molecule has 22 heavy (non-hydrogen) atoms. The molecule has 0 fully saturated rings. The quantitative estimate of drug-likeness (QED) is 0.600.